The minimum absolute atomic E-state index is 0.0907. The van der Waals surface area contributed by atoms with Gasteiger partial charge in [-0.3, -0.25) is 4.79 Å². The molecule has 1 aliphatic carbocycles. The fourth-order valence-corrected chi connectivity index (χ4v) is 5.22. The highest BCUT2D eigenvalue weighted by Gasteiger charge is 2.55. The first kappa shape index (κ1) is 19.2. The van der Waals surface area contributed by atoms with Crippen LogP contribution in [0.3, 0.4) is 0 Å². The van der Waals surface area contributed by atoms with Gasteiger partial charge in [0.05, 0.1) is 5.41 Å². The van der Waals surface area contributed by atoms with Crippen LogP contribution in [0, 0.1) is 11.3 Å². The summed E-state index contributed by atoms with van der Waals surface area (Å²) in [4.78, 5) is 28.6. The summed E-state index contributed by atoms with van der Waals surface area (Å²) < 4.78 is 0. The zero-order chi connectivity index (χ0) is 19.6. The number of carbonyl (C=O) groups excluding carboxylic acids is 1. The number of carboxylic acids is 1. The van der Waals surface area contributed by atoms with Gasteiger partial charge in [0.15, 0.2) is 0 Å². The van der Waals surface area contributed by atoms with E-state index in [-0.39, 0.29) is 11.9 Å². The maximum atomic E-state index is 12.6. The zero-order valence-corrected chi connectivity index (χ0v) is 16.5. The second-order valence-electron chi connectivity index (χ2n) is 8.71. The van der Waals surface area contributed by atoms with Gasteiger partial charge >= 0.3 is 12.0 Å². The van der Waals surface area contributed by atoms with Crippen LogP contribution in [0.5, 0.6) is 0 Å². The first-order valence-electron chi connectivity index (χ1n) is 10.7. The summed E-state index contributed by atoms with van der Waals surface area (Å²) in [6.45, 7) is 4.39. The molecule has 1 aromatic carbocycles. The molecule has 2 atom stereocenters. The van der Waals surface area contributed by atoms with E-state index >= 15 is 0 Å². The minimum atomic E-state index is -0.747. The van der Waals surface area contributed by atoms with Gasteiger partial charge in [-0.25, -0.2) is 4.79 Å². The maximum absolute atomic E-state index is 12.6. The van der Waals surface area contributed by atoms with E-state index < -0.39 is 11.4 Å². The third-order valence-corrected chi connectivity index (χ3v) is 6.95. The molecule has 28 heavy (non-hydrogen) atoms. The largest absolute Gasteiger partial charge is 0.481 e. The summed E-state index contributed by atoms with van der Waals surface area (Å²) in [5, 5.41) is 12.6. The van der Waals surface area contributed by atoms with E-state index in [1.165, 1.54) is 37.9 Å². The number of carbonyl (C=O) groups is 2. The van der Waals surface area contributed by atoms with Crippen LogP contribution in [0.1, 0.15) is 44.1 Å². The molecular weight excluding hydrogens is 354 g/mol. The molecule has 2 N–H and O–H groups in total. The fraction of sp³-hybridized carbons (Fsp3) is 0.636. The van der Waals surface area contributed by atoms with Gasteiger partial charge in [-0.2, -0.15) is 0 Å². The average molecular weight is 386 g/mol. The normalized spacial score (nSPS) is 27.6. The molecule has 4 rings (SSSR count). The van der Waals surface area contributed by atoms with Gasteiger partial charge in [0, 0.05) is 25.3 Å². The van der Waals surface area contributed by atoms with Crippen LogP contribution in [-0.2, 0) is 11.2 Å². The quantitative estimate of drug-likeness (QED) is 0.814. The van der Waals surface area contributed by atoms with E-state index in [4.69, 9.17) is 0 Å². The van der Waals surface area contributed by atoms with E-state index in [2.05, 4.69) is 22.3 Å². The van der Waals surface area contributed by atoms with E-state index in [0.717, 1.165) is 31.5 Å². The van der Waals surface area contributed by atoms with Crippen LogP contribution in [0.2, 0.25) is 0 Å². The molecule has 2 amide bonds. The number of nitrogens with zero attached hydrogens (tertiary/aromatic N) is 2. The molecule has 1 aromatic rings. The highest BCUT2D eigenvalue weighted by molar-refractivity contribution is 5.90. The fourth-order valence-electron chi connectivity index (χ4n) is 5.22. The molecular formula is C22H31N3O3. The van der Waals surface area contributed by atoms with E-state index in [0.29, 0.717) is 19.5 Å². The highest BCUT2D eigenvalue weighted by atomic mass is 16.4. The monoisotopic (exact) mass is 385 g/mol. The smallest absolute Gasteiger partial charge is 0.321 e. The van der Waals surface area contributed by atoms with Crippen molar-refractivity contribution in [1.82, 2.24) is 9.80 Å². The van der Waals surface area contributed by atoms with Crippen molar-refractivity contribution in [2.45, 2.75) is 44.9 Å². The second-order valence-corrected chi connectivity index (χ2v) is 8.71. The number of anilines is 1. The number of hydrogen-bond acceptors (Lipinski definition) is 3. The van der Waals surface area contributed by atoms with Crippen molar-refractivity contribution < 1.29 is 14.7 Å². The Hall–Kier alpha value is -2.08. The summed E-state index contributed by atoms with van der Waals surface area (Å²) in [6.07, 6.45) is 7.55. The summed E-state index contributed by atoms with van der Waals surface area (Å²) in [5.41, 5.74) is 1.33. The van der Waals surface area contributed by atoms with E-state index in [9.17, 15) is 14.7 Å². The number of piperidine rings is 1. The number of nitrogens with one attached hydrogen (secondary N) is 1. The van der Waals surface area contributed by atoms with Gasteiger partial charge in [-0.15, -0.1) is 0 Å². The van der Waals surface area contributed by atoms with Crippen molar-refractivity contribution in [1.29, 1.82) is 0 Å². The standard InChI is InChI=1S/C22H31N3O3/c26-20(27)22-11-4-5-18(22)15-25(16-22)21(28)23-19-8-6-17(7-9-19)10-14-24-12-2-1-3-13-24/h6-9,18H,1-5,10-16H2,(H,23,28)(H,26,27)/t18-,22+/m0/s1. The summed E-state index contributed by atoms with van der Waals surface area (Å²) in [7, 11) is 0. The second kappa shape index (κ2) is 8.11. The lowest BCUT2D eigenvalue weighted by atomic mass is 9.81. The Kier molecular flexibility index (Phi) is 5.58. The van der Waals surface area contributed by atoms with Crippen molar-refractivity contribution in [2.75, 3.05) is 38.0 Å². The van der Waals surface area contributed by atoms with Crippen molar-refractivity contribution >= 4 is 17.7 Å². The number of aliphatic carboxylic acids is 1. The Labute approximate surface area is 166 Å². The Morgan fingerprint density at radius 1 is 1.11 bits per heavy atom. The van der Waals surface area contributed by atoms with Crippen LogP contribution < -0.4 is 5.32 Å². The molecule has 0 aromatic heterocycles. The molecule has 1 saturated carbocycles. The van der Waals surface area contributed by atoms with Crippen LogP contribution in [0.15, 0.2) is 24.3 Å². The van der Waals surface area contributed by atoms with Crippen molar-refractivity contribution in [3.63, 3.8) is 0 Å². The SMILES string of the molecule is O=C(Nc1ccc(CCN2CCCCC2)cc1)N1C[C@@H]2CCC[C@@]2(C(=O)O)C1. The van der Waals surface area contributed by atoms with Crippen LogP contribution in [-0.4, -0.2) is 59.6 Å². The molecule has 0 bridgehead atoms. The number of carboxylic acid groups (broad SMARTS) is 1. The molecule has 2 saturated heterocycles. The lowest BCUT2D eigenvalue weighted by molar-refractivity contribution is -0.149. The Morgan fingerprint density at radius 3 is 2.54 bits per heavy atom. The molecule has 3 aliphatic rings. The van der Waals surface area contributed by atoms with Crippen molar-refractivity contribution in [3.8, 4) is 0 Å². The van der Waals surface area contributed by atoms with Gasteiger partial charge in [-0.1, -0.05) is 25.0 Å². The first-order valence-corrected chi connectivity index (χ1v) is 10.7. The van der Waals surface area contributed by atoms with E-state index in [1.54, 1.807) is 4.90 Å². The van der Waals surface area contributed by atoms with Crippen LogP contribution >= 0.6 is 0 Å². The van der Waals surface area contributed by atoms with Crippen molar-refractivity contribution in [3.05, 3.63) is 29.8 Å². The summed E-state index contributed by atoms with van der Waals surface area (Å²) in [5.74, 6) is -0.656. The zero-order valence-electron chi connectivity index (χ0n) is 16.5. The summed E-state index contributed by atoms with van der Waals surface area (Å²) >= 11 is 0. The maximum Gasteiger partial charge on any atom is 0.321 e. The topological polar surface area (TPSA) is 72.9 Å². The van der Waals surface area contributed by atoms with E-state index in [1.807, 2.05) is 12.1 Å². The summed E-state index contributed by atoms with van der Waals surface area (Å²) in [6, 6.07) is 7.88. The minimum Gasteiger partial charge on any atom is -0.481 e. The predicted octanol–water partition coefficient (Wildman–Crippen LogP) is 3.43. The number of hydrogen-bond donors (Lipinski definition) is 2. The lowest BCUT2D eigenvalue weighted by Gasteiger charge is -2.26. The lowest BCUT2D eigenvalue weighted by Crippen LogP contribution is -2.38. The first-order chi connectivity index (χ1) is 13.6. The molecule has 3 fully saturated rings. The molecule has 0 unspecified atom stereocenters. The predicted molar refractivity (Wildman–Crippen MR) is 108 cm³/mol. The van der Waals surface area contributed by atoms with Crippen LogP contribution in [0.25, 0.3) is 0 Å². The van der Waals surface area contributed by atoms with Gasteiger partial charge in [0.25, 0.3) is 0 Å². The van der Waals surface area contributed by atoms with Gasteiger partial charge in [0.1, 0.15) is 0 Å². The Bertz CT molecular complexity index is 714. The number of rotatable bonds is 5. The molecule has 6 heteroatoms. The number of benzene rings is 1. The molecule has 0 spiro atoms. The number of fused-ring (bicyclic) bond motifs is 1. The Morgan fingerprint density at radius 2 is 1.86 bits per heavy atom. The molecule has 0 radical (unpaired) electrons. The van der Waals surface area contributed by atoms with Gasteiger partial charge in [0.2, 0.25) is 0 Å². The number of urea groups is 1. The molecule has 152 valence electrons. The third-order valence-electron chi connectivity index (χ3n) is 6.95. The highest BCUT2D eigenvalue weighted by Crippen LogP contribution is 2.48. The molecule has 2 heterocycles. The van der Waals surface area contributed by atoms with Gasteiger partial charge in [-0.05, 0) is 68.8 Å². The number of amides is 2. The van der Waals surface area contributed by atoms with Crippen molar-refractivity contribution in [2.24, 2.45) is 11.3 Å². The van der Waals surface area contributed by atoms with Gasteiger partial charge < -0.3 is 20.2 Å². The molecule has 6 nitrogen and oxygen atoms in total. The Balaban J connectivity index is 1.29. The average Bonchev–Trinajstić information content (AvgIpc) is 3.27. The van der Waals surface area contributed by atoms with Crippen LogP contribution in [0.4, 0.5) is 10.5 Å². The number of likely N-dealkylation sites (tertiary alicyclic amines) is 2. The third kappa shape index (κ3) is 3.88. The molecule has 2 aliphatic heterocycles.